The van der Waals surface area contributed by atoms with Crippen molar-refractivity contribution in [2.24, 2.45) is 4.40 Å². The van der Waals surface area contributed by atoms with Gasteiger partial charge in [0.15, 0.2) is 0 Å². The number of halogens is 1. The molecule has 0 radical (unpaired) electrons. The molecule has 106 valence electrons. The van der Waals surface area contributed by atoms with Gasteiger partial charge in [0.1, 0.15) is 16.1 Å². The average molecular weight is 310 g/mol. The van der Waals surface area contributed by atoms with Crippen molar-refractivity contribution in [2.45, 2.75) is 32.4 Å². The van der Waals surface area contributed by atoms with Gasteiger partial charge in [-0.15, -0.1) is 0 Å². The van der Waals surface area contributed by atoms with Gasteiger partial charge in [-0.25, -0.2) is 9.19 Å². The summed E-state index contributed by atoms with van der Waals surface area (Å²) in [5, 5.41) is 2.24. The third-order valence-corrected chi connectivity index (χ3v) is 4.33. The third kappa shape index (κ3) is 3.22. The summed E-state index contributed by atoms with van der Waals surface area (Å²) in [6.45, 7) is 7.55. The quantitative estimate of drug-likeness (QED) is 0.630. The van der Waals surface area contributed by atoms with Gasteiger partial charge in [-0.3, -0.25) is 4.98 Å². The molecule has 2 heterocycles. The molecule has 0 aliphatic heterocycles. The largest absolute Gasteiger partial charge is 0.260 e. The maximum Gasteiger partial charge on any atom is 0.144 e. The zero-order valence-corrected chi connectivity index (χ0v) is 13.4. The highest BCUT2D eigenvalue weighted by Crippen LogP contribution is 2.22. The monoisotopic (exact) mass is 309 g/mol. The van der Waals surface area contributed by atoms with E-state index in [1.54, 1.807) is 24.7 Å². The van der Waals surface area contributed by atoms with Gasteiger partial charge in [-0.2, -0.15) is 4.40 Å². The van der Waals surface area contributed by atoms with E-state index in [0.29, 0.717) is 5.15 Å². The number of rotatable bonds is 2. The lowest BCUT2D eigenvalue weighted by Crippen LogP contribution is -2.19. The number of hydrogen-bond donors (Lipinski definition) is 0. The van der Waals surface area contributed by atoms with Crippen LogP contribution in [0.25, 0.3) is 10.8 Å². The first-order chi connectivity index (χ1) is 9.29. The minimum absolute atomic E-state index is 0.385. The van der Waals surface area contributed by atoms with Crippen LogP contribution in [-0.2, 0) is 11.0 Å². The molecule has 2 rings (SSSR count). The third-order valence-electron chi connectivity index (χ3n) is 2.78. The van der Waals surface area contributed by atoms with Gasteiger partial charge in [-0.1, -0.05) is 11.6 Å². The smallest absolute Gasteiger partial charge is 0.144 e. The van der Waals surface area contributed by atoms with Gasteiger partial charge < -0.3 is 0 Å². The van der Waals surface area contributed by atoms with Gasteiger partial charge in [0, 0.05) is 35.3 Å². The van der Waals surface area contributed by atoms with Crippen molar-refractivity contribution in [2.75, 3.05) is 0 Å². The molecule has 0 fully saturated rings. The molecule has 0 saturated heterocycles. The van der Waals surface area contributed by atoms with E-state index >= 15 is 0 Å². The standard InChI is InChI=1S/C14H16ClN3OS/c1-9-12-8-17-13(15)5-11(12)10(6-16-9)7-18-20(19)14(2,3)4/h5-8H,1-4H3. The molecule has 0 bridgehead atoms. The zero-order chi connectivity index (χ0) is 14.9. The lowest BCUT2D eigenvalue weighted by atomic mass is 10.1. The van der Waals surface area contributed by atoms with Crippen molar-refractivity contribution in [1.29, 1.82) is 0 Å². The lowest BCUT2D eigenvalue weighted by molar-refractivity contribution is 0.651. The molecular weight excluding hydrogens is 294 g/mol. The van der Waals surface area contributed by atoms with Crippen molar-refractivity contribution in [3.63, 3.8) is 0 Å². The summed E-state index contributed by atoms with van der Waals surface area (Å²) >= 11 is 5.94. The second-order valence-electron chi connectivity index (χ2n) is 5.45. The Morgan fingerprint density at radius 2 is 1.95 bits per heavy atom. The van der Waals surface area contributed by atoms with Crippen LogP contribution in [0, 0.1) is 6.92 Å². The Kier molecular flexibility index (Phi) is 4.20. The number of aromatic nitrogens is 2. The minimum Gasteiger partial charge on any atom is -0.260 e. The van der Waals surface area contributed by atoms with Crippen LogP contribution in [0.3, 0.4) is 0 Å². The molecule has 0 aliphatic rings. The number of aryl methyl sites for hydroxylation is 1. The summed E-state index contributed by atoms with van der Waals surface area (Å²) in [5.74, 6) is 0. The number of hydrogen-bond acceptors (Lipinski definition) is 3. The molecular formula is C14H16ClN3OS. The van der Waals surface area contributed by atoms with Gasteiger partial charge in [-0.05, 0) is 39.1 Å². The van der Waals surface area contributed by atoms with Crippen LogP contribution < -0.4 is 0 Å². The van der Waals surface area contributed by atoms with Gasteiger partial charge in [0.05, 0.1) is 4.75 Å². The highest BCUT2D eigenvalue weighted by Gasteiger charge is 2.18. The van der Waals surface area contributed by atoms with E-state index in [0.717, 1.165) is 22.0 Å². The van der Waals surface area contributed by atoms with Crippen molar-refractivity contribution in [1.82, 2.24) is 9.97 Å². The number of fused-ring (bicyclic) bond motifs is 1. The van der Waals surface area contributed by atoms with Crippen LogP contribution in [0.5, 0.6) is 0 Å². The van der Waals surface area contributed by atoms with Crippen molar-refractivity contribution in [3.8, 4) is 0 Å². The topological polar surface area (TPSA) is 55.2 Å². The van der Waals surface area contributed by atoms with E-state index in [4.69, 9.17) is 11.6 Å². The Morgan fingerprint density at radius 1 is 1.25 bits per heavy atom. The fourth-order valence-corrected chi connectivity index (χ4v) is 2.31. The molecule has 0 saturated carbocycles. The molecule has 2 aromatic rings. The van der Waals surface area contributed by atoms with Crippen molar-refractivity contribution in [3.05, 3.63) is 34.9 Å². The van der Waals surface area contributed by atoms with E-state index in [1.165, 1.54) is 0 Å². The molecule has 20 heavy (non-hydrogen) atoms. The maximum atomic E-state index is 12.0. The molecule has 6 heteroatoms. The average Bonchev–Trinajstić information content (AvgIpc) is 2.36. The van der Waals surface area contributed by atoms with E-state index < -0.39 is 11.0 Å². The minimum atomic E-state index is -1.30. The van der Waals surface area contributed by atoms with Crippen molar-refractivity contribution >= 4 is 39.6 Å². The summed E-state index contributed by atoms with van der Waals surface area (Å²) in [5.41, 5.74) is 1.66. The maximum absolute atomic E-state index is 12.0. The summed E-state index contributed by atoms with van der Waals surface area (Å²) in [6.07, 6.45) is 4.99. The van der Waals surface area contributed by atoms with E-state index in [9.17, 15) is 4.21 Å². The van der Waals surface area contributed by atoms with Crippen LogP contribution >= 0.6 is 11.6 Å². The SMILES string of the molecule is Cc1ncc(C=NS(=O)C(C)(C)C)c2cc(Cl)ncc12. The molecule has 0 spiro atoms. The van der Waals surface area contributed by atoms with Gasteiger partial charge in [0.2, 0.25) is 0 Å². The highest BCUT2D eigenvalue weighted by atomic mass is 35.5. The highest BCUT2D eigenvalue weighted by molar-refractivity contribution is 7.85. The first kappa shape index (κ1) is 15.1. The normalized spacial score (nSPS) is 14.1. The van der Waals surface area contributed by atoms with Gasteiger partial charge >= 0.3 is 0 Å². The molecule has 2 aromatic heterocycles. The number of nitrogens with zero attached hydrogens (tertiary/aromatic N) is 3. The van der Waals surface area contributed by atoms with Crippen LogP contribution in [0.15, 0.2) is 22.9 Å². The Balaban J connectivity index is 2.51. The molecule has 0 N–H and O–H groups in total. The summed E-state index contributed by atoms with van der Waals surface area (Å²) in [6, 6.07) is 1.77. The predicted octanol–water partition coefficient (Wildman–Crippen LogP) is 3.47. The second-order valence-corrected chi connectivity index (χ2v) is 7.77. The van der Waals surface area contributed by atoms with Crippen LogP contribution in [0.4, 0.5) is 0 Å². The molecule has 0 aromatic carbocycles. The summed E-state index contributed by atoms with van der Waals surface area (Å²) < 4.78 is 15.7. The Hall–Kier alpha value is -1.33. The molecule has 1 atom stereocenters. The first-order valence-electron chi connectivity index (χ1n) is 6.16. The van der Waals surface area contributed by atoms with E-state index in [2.05, 4.69) is 14.4 Å². The van der Waals surface area contributed by atoms with Crippen LogP contribution in [0.2, 0.25) is 5.15 Å². The fourth-order valence-electron chi connectivity index (χ4n) is 1.63. The Labute approximate surface area is 125 Å². The van der Waals surface area contributed by atoms with Crippen LogP contribution in [0.1, 0.15) is 32.0 Å². The molecule has 0 amide bonds. The van der Waals surface area contributed by atoms with Crippen molar-refractivity contribution < 1.29 is 4.21 Å². The Bertz CT molecular complexity index is 707. The predicted molar refractivity (Wildman–Crippen MR) is 84.8 cm³/mol. The number of pyridine rings is 2. The van der Waals surface area contributed by atoms with Gasteiger partial charge in [0.25, 0.3) is 0 Å². The molecule has 4 nitrogen and oxygen atoms in total. The first-order valence-corrected chi connectivity index (χ1v) is 7.64. The zero-order valence-electron chi connectivity index (χ0n) is 11.8. The van der Waals surface area contributed by atoms with E-state index in [1.807, 2.05) is 27.7 Å². The molecule has 0 aliphatic carbocycles. The summed E-state index contributed by atoms with van der Waals surface area (Å²) in [4.78, 5) is 8.37. The lowest BCUT2D eigenvalue weighted by Gasteiger charge is -2.12. The Morgan fingerprint density at radius 3 is 2.60 bits per heavy atom. The summed E-state index contributed by atoms with van der Waals surface area (Å²) in [7, 11) is -1.30. The fraction of sp³-hybridized carbons (Fsp3) is 0.357. The second kappa shape index (κ2) is 5.58. The molecule has 1 unspecified atom stereocenters. The van der Waals surface area contributed by atoms with E-state index in [-0.39, 0.29) is 4.75 Å². The van der Waals surface area contributed by atoms with Crippen LogP contribution in [-0.4, -0.2) is 25.1 Å².